The van der Waals surface area contributed by atoms with Crippen molar-refractivity contribution in [1.29, 1.82) is 0 Å². The molecular weight excluding hydrogens is 416 g/mol. The highest BCUT2D eigenvalue weighted by atomic mass is 32.2. The minimum Gasteiger partial charge on any atom is -0.486 e. The smallest absolute Gasteiger partial charge is 0.253 e. The summed E-state index contributed by atoms with van der Waals surface area (Å²) >= 11 is 1.41. The molecule has 0 atom stereocenters. The van der Waals surface area contributed by atoms with Crippen LogP contribution in [-0.4, -0.2) is 37.8 Å². The highest BCUT2D eigenvalue weighted by molar-refractivity contribution is 8.00. The number of nitrogens with zero attached hydrogens (tertiary/aromatic N) is 1. The minimum atomic E-state index is -0.272. The van der Waals surface area contributed by atoms with Gasteiger partial charge >= 0.3 is 0 Å². The van der Waals surface area contributed by atoms with Crippen molar-refractivity contribution < 1.29 is 23.5 Å². The number of carbonyl (C=O) groups excluding carboxylic acids is 2. The lowest BCUT2D eigenvalue weighted by Crippen LogP contribution is -2.31. The molecule has 0 saturated carbocycles. The average molecular weight is 439 g/mol. The van der Waals surface area contributed by atoms with Crippen molar-refractivity contribution in [1.82, 2.24) is 5.32 Å². The predicted molar refractivity (Wildman–Crippen MR) is 118 cm³/mol. The summed E-state index contributed by atoms with van der Waals surface area (Å²) in [4.78, 5) is 27.9. The van der Waals surface area contributed by atoms with Crippen LogP contribution in [0.1, 0.15) is 16.1 Å². The highest BCUT2D eigenvalue weighted by Gasteiger charge is 2.19. The van der Waals surface area contributed by atoms with Crippen LogP contribution in [0.3, 0.4) is 0 Å². The molecule has 2 aromatic carbocycles. The molecule has 1 aromatic heterocycles. The maximum absolute atomic E-state index is 12.8. The largest absolute Gasteiger partial charge is 0.486 e. The molecule has 1 aliphatic rings. The summed E-state index contributed by atoms with van der Waals surface area (Å²) in [7, 11) is 1.67. The fraction of sp³-hybridized carbons (Fsp3) is 0.217. The first kappa shape index (κ1) is 20.9. The summed E-state index contributed by atoms with van der Waals surface area (Å²) in [6.45, 7) is 1.33. The van der Waals surface area contributed by atoms with Gasteiger partial charge in [0, 0.05) is 11.9 Å². The normalized spacial score (nSPS) is 12.3. The monoisotopic (exact) mass is 438 g/mol. The molecule has 0 radical (unpaired) electrons. The van der Waals surface area contributed by atoms with Crippen LogP contribution in [0.15, 0.2) is 70.2 Å². The van der Waals surface area contributed by atoms with E-state index in [0.29, 0.717) is 41.7 Å². The quantitative estimate of drug-likeness (QED) is 0.566. The van der Waals surface area contributed by atoms with Gasteiger partial charge in [0.2, 0.25) is 5.91 Å². The average Bonchev–Trinajstić information content (AvgIpc) is 3.34. The molecule has 0 bridgehead atoms. The number of anilines is 1. The summed E-state index contributed by atoms with van der Waals surface area (Å²) in [5.74, 6) is 1.89. The molecule has 1 aliphatic heterocycles. The molecule has 4 rings (SSSR count). The first-order valence-electron chi connectivity index (χ1n) is 9.80. The van der Waals surface area contributed by atoms with Crippen LogP contribution >= 0.6 is 11.8 Å². The van der Waals surface area contributed by atoms with E-state index in [1.54, 1.807) is 49.7 Å². The summed E-state index contributed by atoms with van der Waals surface area (Å²) in [5, 5.41) is 2.82. The molecule has 1 N–H and O–H groups in total. The number of hydrogen-bond donors (Lipinski definition) is 1. The van der Waals surface area contributed by atoms with E-state index in [1.807, 2.05) is 18.2 Å². The van der Waals surface area contributed by atoms with E-state index < -0.39 is 0 Å². The lowest BCUT2D eigenvalue weighted by Gasteiger charge is -2.21. The number of nitrogens with one attached hydrogen (secondary N) is 1. The van der Waals surface area contributed by atoms with Crippen molar-refractivity contribution in [2.75, 3.05) is 30.9 Å². The molecule has 0 aliphatic carbocycles. The van der Waals surface area contributed by atoms with Gasteiger partial charge in [0.15, 0.2) is 11.5 Å². The number of ether oxygens (including phenoxy) is 2. The number of carbonyl (C=O) groups is 2. The van der Waals surface area contributed by atoms with Gasteiger partial charge < -0.3 is 24.1 Å². The molecule has 8 heteroatoms. The van der Waals surface area contributed by atoms with Crippen molar-refractivity contribution in [3.8, 4) is 11.5 Å². The molecule has 0 spiro atoms. The minimum absolute atomic E-state index is 0.119. The fourth-order valence-electron chi connectivity index (χ4n) is 3.12. The van der Waals surface area contributed by atoms with Crippen molar-refractivity contribution in [2.24, 2.45) is 0 Å². The second-order valence-corrected chi connectivity index (χ2v) is 7.87. The SMILES string of the molecule is CN(C(=O)CSc1ccc2c(c1)OCCO2)c1ccccc1C(=O)NCc1ccco1. The third-order valence-electron chi connectivity index (χ3n) is 4.76. The molecule has 0 saturated heterocycles. The van der Waals surface area contributed by atoms with E-state index in [4.69, 9.17) is 13.9 Å². The zero-order chi connectivity index (χ0) is 21.6. The van der Waals surface area contributed by atoms with Gasteiger partial charge in [-0.3, -0.25) is 9.59 Å². The van der Waals surface area contributed by atoms with Crippen LogP contribution in [0, 0.1) is 0 Å². The van der Waals surface area contributed by atoms with Crippen LogP contribution in [0.25, 0.3) is 0 Å². The Bertz CT molecular complexity index is 1070. The summed E-state index contributed by atoms with van der Waals surface area (Å²) in [6.07, 6.45) is 1.56. The molecule has 31 heavy (non-hydrogen) atoms. The summed E-state index contributed by atoms with van der Waals surface area (Å²) < 4.78 is 16.4. The van der Waals surface area contributed by atoms with E-state index >= 15 is 0 Å². The Hall–Kier alpha value is -3.39. The van der Waals surface area contributed by atoms with E-state index in [-0.39, 0.29) is 24.1 Å². The lowest BCUT2D eigenvalue weighted by molar-refractivity contribution is -0.115. The number of thioether (sulfide) groups is 1. The van der Waals surface area contributed by atoms with Crippen LogP contribution in [0.4, 0.5) is 5.69 Å². The molecule has 2 heterocycles. The van der Waals surface area contributed by atoms with E-state index in [0.717, 1.165) is 4.90 Å². The Kier molecular flexibility index (Phi) is 6.47. The zero-order valence-electron chi connectivity index (χ0n) is 17.0. The molecule has 3 aromatic rings. The number of hydrogen-bond acceptors (Lipinski definition) is 6. The van der Waals surface area contributed by atoms with Gasteiger partial charge in [0.25, 0.3) is 5.91 Å². The van der Waals surface area contributed by atoms with Crippen LogP contribution < -0.4 is 19.7 Å². The lowest BCUT2D eigenvalue weighted by atomic mass is 10.1. The Labute approximate surface area is 184 Å². The maximum Gasteiger partial charge on any atom is 0.253 e. The molecule has 0 fully saturated rings. The van der Waals surface area contributed by atoms with Crippen molar-refractivity contribution in [2.45, 2.75) is 11.4 Å². The first-order chi connectivity index (χ1) is 15.1. The fourth-order valence-corrected chi connectivity index (χ4v) is 3.96. The van der Waals surface area contributed by atoms with Crippen molar-refractivity contribution in [3.05, 3.63) is 72.2 Å². The second kappa shape index (κ2) is 9.61. The Morgan fingerprint density at radius 2 is 1.84 bits per heavy atom. The maximum atomic E-state index is 12.8. The Balaban J connectivity index is 1.40. The molecule has 2 amide bonds. The third-order valence-corrected chi connectivity index (χ3v) is 5.74. The van der Waals surface area contributed by atoms with E-state index in [2.05, 4.69) is 5.32 Å². The van der Waals surface area contributed by atoms with Gasteiger partial charge in [0.05, 0.1) is 29.8 Å². The Morgan fingerprint density at radius 3 is 2.65 bits per heavy atom. The Morgan fingerprint density at radius 1 is 1.03 bits per heavy atom. The number of rotatable bonds is 7. The number of benzene rings is 2. The predicted octanol–water partition coefficient (Wildman–Crippen LogP) is 3.74. The summed E-state index contributed by atoms with van der Waals surface area (Å²) in [6, 6.07) is 16.2. The van der Waals surface area contributed by atoms with Crippen molar-refractivity contribution in [3.63, 3.8) is 0 Å². The molecule has 0 unspecified atom stereocenters. The number of amides is 2. The van der Waals surface area contributed by atoms with Crippen LogP contribution in [0.2, 0.25) is 0 Å². The molecule has 7 nitrogen and oxygen atoms in total. The zero-order valence-corrected chi connectivity index (χ0v) is 17.8. The van der Waals surface area contributed by atoms with E-state index in [9.17, 15) is 9.59 Å². The number of furan rings is 1. The topological polar surface area (TPSA) is 81.0 Å². The van der Waals surface area contributed by atoms with Gasteiger partial charge in [-0.05, 0) is 42.5 Å². The second-order valence-electron chi connectivity index (χ2n) is 6.83. The van der Waals surface area contributed by atoms with Gasteiger partial charge in [0.1, 0.15) is 19.0 Å². The van der Waals surface area contributed by atoms with Crippen LogP contribution in [0.5, 0.6) is 11.5 Å². The molecular formula is C23H22N2O5S. The highest BCUT2D eigenvalue weighted by Crippen LogP contribution is 2.34. The summed E-state index contributed by atoms with van der Waals surface area (Å²) in [5.41, 5.74) is 0.974. The van der Waals surface area contributed by atoms with Crippen LogP contribution in [-0.2, 0) is 11.3 Å². The number of para-hydroxylation sites is 1. The van der Waals surface area contributed by atoms with E-state index in [1.165, 1.54) is 16.7 Å². The van der Waals surface area contributed by atoms with Crippen molar-refractivity contribution >= 4 is 29.3 Å². The van der Waals surface area contributed by atoms with Gasteiger partial charge in [-0.15, -0.1) is 11.8 Å². The first-order valence-corrected chi connectivity index (χ1v) is 10.8. The van der Waals surface area contributed by atoms with Gasteiger partial charge in [-0.25, -0.2) is 0 Å². The standard InChI is InChI=1S/C23H22N2O5S/c1-25(22(26)15-31-17-8-9-20-21(13-17)30-12-11-29-20)19-7-3-2-6-18(19)23(27)24-14-16-5-4-10-28-16/h2-10,13H,11-12,14-15H2,1H3,(H,24,27). The van der Waals surface area contributed by atoms with Gasteiger partial charge in [-0.1, -0.05) is 12.1 Å². The third kappa shape index (κ3) is 5.03. The molecule has 160 valence electrons. The number of fused-ring (bicyclic) bond motifs is 1. The van der Waals surface area contributed by atoms with Gasteiger partial charge in [-0.2, -0.15) is 0 Å².